The predicted molar refractivity (Wildman–Crippen MR) is 130 cm³/mol. The molecule has 4 rings (SSSR count). The molecular formula is C26H25N3O3. The molecule has 1 aromatic heterocycles. The second-order valence-corrected chi connectivity index (χ2v) is 7.69. The molecule has 0 atom stereocenters. The molecule has 0 saturated carbocycles. The number of methoxy groups -OCH3 is 1. The number of aromatic hydroxyl groups is 1. The minimum atomic E-state index is -0.249. The van der Waals surface area contributed by atoms with E-state index in [0.29, 0.717) is 16.3 Å². The normalized spacial score (nSPS) is 11.2. The largest absolute Gasteiger partial charge is 0.497 e. The Bertz CT molecular complexity index is 1320. The van der Waals surface area contributed by atoms with Crippen LogP contribution in [0.3, 0.4) is 0 Å². The van der Waals surface area contributed by atoms with E-state index >= 15 is 0 Å². The average molecular weight is 428 g/mol. The molecule has 0 aliphatic carbocycles. The summed E-state index contributed by atoms with van der Waals surface area (Å²) in [7, 11) is 5.57. The van der Waals surface area contributed by atoms with Crippen molar-refractivity contribution < 1.29 is 9.84 Å². The molecule has 0 aliphatic heterocycles. The van der Waals surface area contributed by atoms with E-state index in [1.54, 1.807) is 19.4 Å². The molecule has 0 amide bonds. The van der Waals surface area contributed by atoms with Crippen LogP contribution in [0.1, 0.15) is 11.1 Å². The molecule has 3 aromatic carbocycles. The van der Waals surface area contributed by atoms with Crippen LogP contribution in [0.4, 0.5) is 11.4 Å². The van der Waals surface area contributed by atoms with Gasteiger partial charge in [0.05, 0.1) is 24.9 Å². The Kier molecular flexibility index (Phi) is 5.94. The molecule has 32 heavy (non-hydrogen) atoms. The lowest BCUT2D eigenvalue weighted by molar-refractivity contribution is 0.412. The third-order valence-electron chi connectivity index (χ3n) is 5.40. The van der Waals surface area contributed by atoms with E-state index in [4.69, 9.17) is 4.74 Å². The molecule has 6 nitrogen and oxygen atoms in total. The first-order valence-electron chi connectivity index (χ1n) is 10.3. The van der Waals surface area contributed by atoms with E-state index in [0.717, 1.165) is 22.7 Å². The Labute approximate surface area is 186 Å². The second kappa shape index (κ2) is 8.98. The van der Waals surface area contributed by atoms with Crippen molar-refractivity contribution in [2.45, 2.75) is 6.54 Å². The molecular weight excluding hydrogens is 402 g/mol. The highest BCUT2D eigenvalue weighted by Crippen LogP contribution is 2.26. The monoisotopic (exact) mass is 427 g/mol. The van der Waals surface area contributed by atoms with Gasteiger partial charge in [-0.05, 0) is 48.0 Å². The van der Waals surface area contributed by atoms with Crippen LogP contribution in [0, 0.1) is 0 Å². The van der Waals surface area contributed by atoms with Gasteiger partial charge in [-0.1, -0.05) is 30.3 Å². The summed E-state index contributed by atoms with van der Waals surface area (Å²) >= 11 is 0. The third-order valence-corrected chi connectivity index (χ3v) is 5.40. The molecule has 1 heterocycles. The first kappa shape index (κ1) is 21.2. The Hall–Kier alpha value is -4.06. The van der Waals surface area contributed by atoms with E-state index < -0.39 is 0 Å². The fraction of sp³-hybridized carbons (Fsp3) is 0.154. The average Bonchev–Trinajstić information content (AvgIpc) is 2.82. The van der Waals surface area contributed by atoms with Crippen LogP contribution < -0.4 is 15.2 Å². The molecule has 0 radical (unpaired) electrons. The number of fused-ring (bicyclic) bond motifs is 1. The van der Waals surface area contributed by atoms with Crippen molar-refractivity contribution in [2.24, 2.45) is 4.99 Å². The van der Waals surface area contributed by atoms with Gasteiger partial charge in [-0.2, -0.15) is 0 Å². The number of hydrogen-bond acceptors (Lipinski definition) is 5. The van der Waals surface area contributed by atoms with Crippen LogP contribution >= 0.6 is 0 Å². The lowest BCUT2D eigenvalue weighted by Gasteiger charge is -2.14. The summed E-state index contributed by atoms with van der Waals surface area (Å²) in [6, 6.07) is 22.5. The first-order chi connectivity index (χ1) is 15.5. The number of aromatic nitrogens is 1. The molecule has 0 saturated heterocycles. The predicted octanol–water partition coefficient (Wildman–Crippen LogP) is 4.58. The highest BCUT2D eigenvalue weighted by Gasteiger charge is 2.15. The van der Waals surface area contributed by atoms with Crippen molar-refractivity contribution in [3.8, 4) is 11.6 Å². The van der Waals surface area contributed by atoms with Crippen LogP contribution in [0.25, 0.3) is 10.8 Å². The minimum absolute atomic E-state index is 0.113. The SMILES string of the molecule is COc1ccc(Cn2c(O)c(C=Nc3ccc(N(C)C)cc3)c3ccccc3c2=O)cc1. The lowest BCUT2D eigenvalue weighted by Crippen LogP contribution is -2.22. The van der Waals surface area contributed by atoms with Gasteiger partial charge in [-0.15, -0.1) is 0 Å². The van der Waals surface area contributed by atoms with Crippen LogP contribution in [0.2, 0.25) is 0 Å². The fourth-order valence-corrected chi connectivity index (χ4v) is 3.58. The van der Waals surface area contributed by atoms with Gasteiger partial charge in [0.2, 0.25) is 5.88 Å². The van der Waals surface area contributed by atoms with Gasteiger partial charge in [-0.3, -0.25) is 14.4 Å². The second-order valence-electron chi connectivity index (χ2n) is 7.69. The summed E-state index contributed by atoms with van der Waals surface area (Å²) in [5.74, 6) is 0.620. The van der Waals surface area contributed by atoms with Gasteiger partial charge in [0, 0.05) is 36.8 Å². The Morgan fingerprint density at radius 1 is 0.969 bits per heavy atom. The minimum Gasteiger partial charge on any atom is -0.497 e. The standard InChI is InChI=1S/C26H25N3O3/c1-28(2)20-12-10-19(11-13-20)27-16-24-22-6-4-5-7-23(22)25(30)29(26(24)31)17-18-8-14-21(32-3)15-9-18/h4-16,31H,17H2,1-3H3. The summed E-state index contributed by atoms with van der Waals surface area (Å²) in [6.07, 6.45) is 1.62. The number of aliphatic imine (C=N–C) groups is 1. The maximum Gasteiger partial charge on any atom is 0.261 e. The zero-order valence-corrected chi connectivity index (χ0v) is 18.3. The maximum absolute atomic E-state index is 13.1. The highest BCUT2D eigenvalue weighted by molar-refractivity contribution is 6.02. The number of benzene rings is 3. The summed E-state index contributed by atoms with van der Waals surface area (Å²) in [5.41, 5.74) is 2.96. The number of anilines is 1. The van der Waals surface area contributed by atoms with Gasteiger partial charge < -0.3 is 14.7 Å². The van der Waals surface area contributed by atoms with Crippen LogP contribution in [-0.2, 0) is 6.54 Å². The van der Waals surface area contributed by atoms with Crippen molar-refractivity contribution >= 4 is 28.4 Å². The molecule has 0 spiro atoms. The fourth-order valence-electron chi connectivity index (χ4n) is 3.58. The Morgan fingerprint density at radius 3 is 2.25 bits per heavy atom. The zero-order valence-electron chi connectivity index (χ0n) is 18.3. The van der Waals surface area contributed by atoms with Gasteiger partial charge in [-0.25, -0.2) is 0 Å². The van der Waals surface area contributed by atoms with Gasteiger partial charge in [0.15, 0.2) is 0 Å². The van der Waals surface area contributed by atoms with E-state index in [1.807, 2.05) is 85.7 Å². The van der Waals surface area contributed by atoms with Crippen molar-refractivity contribution in [3.05, 3.63) is 94.3 Å². The molecule has 0 unspecified atom stereocenters. The number of ether oxygens (including phenoxy) is 1. The molecule has 162 valence electrons. The van der Waals surface area contributed by atoms with E-state index in [-0.39, 0.29) is 18.0 Å². The van der Waals surface area contributed by atoms with Crippen LogP contribution in [-0.4, -0.2) is 37.1 Å². The summed E-state index contributed by atoms with van der Waals surface area (Å²) in [5, 5.41) is 12.3. The smallest absolute Gasteiger partial charge is 0.261 e. The molecule has 0 bridgehead atoms. The summed E-state index contributed by atoms with van der Waals surface area (Å²) in [6.45, 7) is 0.234. The molecule has 0 fully saturated rings. The summed E-state index contributed by atoms with van der Waals surface area (Å²) < 4.78 is 6.58. The number of pyridine rings is 1. The zero-order chi connectivity index (χ0) is 22.7. The number of rotatable bonds is 6. The highest BCUT2D eigenvalue weighted by atomic mass is 16.5. The van der Waals surface area contributed by atoms with Crippen molar-refractivity contribution in [1.29, 1.82) is 0 Å². The molecule has 1 N–H and O–H groups in total. The Balaban J connectivity index is 1.78. The van der Waals surface area contributed by atoms with Crippen LogP contribution in [0.15, 0.2) is 82.6 Å². The molecule has 4 aromatic rings. The van der Waals surface area contributed by atoms with Gasteiger partial charge >= 0.3 is 0 Å². The van der Waals surface area contributed by atoms with Gasteiger partial charge in [0.25, 0.3) is 5.56 Å². The van der Waals surface area contributed by atoms with Crippen molar-refractivity contribution in [1.82, 2.24) is 4.57 Å². The van der Waals surface area contributed by atoms with E-state index in [9.17, 15) is 9.90 Å². The molecule has 6 heteroatoms. The Morgan fingerprint density at radius 2 is 1.62 bits per heavy atom. The van der Waals surface area contributed by atoms with Crippen molar-refractivity contribution in [2.75, 3.05) is 26.1 Å². The van der Waals surface area contributed by atoms with E-state index in [1.165, 1.54) is 4.57 Å². The van der Waals surface area contributed by atoms with Crippen LogP contribution in [0.5, 0.6) is 11.6 Å². The lowest BCUT2D eigenvalue weighted by atomic mass is 10.1. The van der Waals surface area contributed by atoms with Crippen molar-refractivity contribution in [3.63, 3.8) is 0 Å². The number of hydrogen-bond donors (Lipinski definition) is 1. The topological polar surface area (TPSA) is 67.1 Å². The van der Waals surface area contributed by atoms with E-state index in [2.05, 4.69) is 4.99 Å². The third kappa shape index (κ3) is 4.21. The maximum atomic E-state index is 13.1. The molecule has 0 aliphatic rings. The van der Waals surface area contributed by atoms with Gasteiger partial charge in [0.1, 0.15) is 5.75 Å². The quantitative estimate of drug-likeness (QED) is 0.458. The summed E-state index contributed by atoms with van der Waals surface area (Å²) in [4.78, 5) is 19.7. The first-order valence-corrected chi connectivity index (χ1v) is 10.3. The number of nitrogens with zero attached hydrogens (tertiary/aromatic N) is 3.